The van der Waals surface area contributed by atoms with Gasteiger partial charge in [-0.05, 0) is 37.8 Å². The van der Waals surface area contributed by atoms with Crippen molar-refractivity contribution in [2.75, 3.05) is 12.8 Å². The smallest absolute Gasteiger partial charge is 0.405 e. The van der Waals surface area contributed by atoms with E-state index in [4.69, 9.17) is 14.9 Å². The Bertz CT molecular complexity index is 723. The van der Waals surface area contributed by atoms with Crippen molar-refractivity contribution in [3.63, 3.8) is 0 Å². The zero-order valence-corrected chi connectivity index (χ0v) is 11.9. The van der Waals surface area contributed by atoms with E-state index in [9.17, 15) is 9.59 Å². The summed E-state index contributed by atoms with van der Waals surface area (Å²) in [4.78, 5) is 24.6. The minimum atomic E-state index is -0.665. The third-order valence-electron chi connectivity index (χ3n) is 4.21. The fourth-order valence-electron chi connectivity index (χ4n) is 3.00. The molecule has 1 fully saturated rings. The van der Waals surface area contributed by atoms with Gasteiger partial charge in [0.2, 0.25) is 5.91 Å². The lowest BCUT2D eigenvalue weighted by Gasteiger charge is -2.26. The molecule has 1 aromatic heterocycles. The van der Waals surface area contributed by atoms with E-state index in [0.717, 1.165) is 30.3 Å². The van der Waals surface area contributed by atoms with Gasteiger partial charge in [-0.1, -0.05) is 6.07 Å². The Kier molecular flexibility index (Phi) is 3.55. The number of methoxy groups -OCH3 is 1. The van der Waals surface area contributed by atoms with Crippen LogP contribution in [-0.4, -0.2) is 23.7 Å². The molecule has 0 unspecified atom stereocenters. The van der Waals surface area contributed by atoms with E-state index < -0.39 is 5.76 Å². The zero-order valence-electron chi connectivity index (χ0n) is 11.9. The van der Waals surface area contributed by atoms with Gasteiger partial charge in [-0.25, -0.2) is 9.36 Å². The lowest BCUT2D eigenvalue weighted by molar-refractivity contribution is 0.0480. The van der Waals surface area contributed by atoms with Crippen molar-refractivity contribution in [3.05, 3.63) is 28.7 Å². The number of hydrogen-bond donors (Lipinski definition) is 1. The number of fused-ring (bicyclic) bond motifs is 1. The molecular formula is C15H18N2O4. The van der Waals surface area contributed by atoms with Gasteiger partial charge in [-0.2, -0.15) is 0 Å². The molecule has 6 heteroatoms. The van der Waals surface area contributed by atoms with Gasteiger partial charge >= 0.3 is 5.76 Å². The summed E-state index contributed by atoms with van der Waals surface area (Å²) in [7, 11) is 1.68. The van der Waals surface area contributed by atoms with E-state index in [-0.39, 0.29) is 23.5 Å². The monoisotopic (exact) mass is 290 g/mol. The predicted octanol–water partition coefficient (Wildman–Crippen LogP) is 2.02. The molecule has 3 rings (SSSR count). The third kappa shape index (κ3) is 2.35. The summed E-state index contributed by atoms with van der Waals surface area (Å²) in [6.45, 7) is 0. The van der Waals surface area contributed by atoms with Crippen LogP contribution in [0.5, 0.6) is 0 Å². The van der Waals surface area contributed by atoms with Gasteiger partial charge < -0.3 is 14.9 Å². The SMILES string of the molecule is COC1CCC(C(=O)n2c(=O)oc3c(N)cccc32)CC1. The summed E-state index contributed by atoms with van der Waals surface area (Å²) in [5, 5.41) is 0. The van der Waals surface area contributed by atoms with E-state index in [2.05, 4.69) is 0 Å². The van der Waals surface area contributed by atoms with Crippen LogP contribution in [0.3, 0.4) is 0 Å². The molecule has 1 heterocycles. The number of nitrogen functional groups attached to an aromatic ring is 1. The molecule has 1 aliphatic carbocycles. The summed E-state index contributed by atoms with van der Waals surface area (Å²) in [6, 6.07) is 5.03. The number of ether oxygens (including phenoxy) is 1. The van der Waals surface area contributed by atoms with E-state index in [1.807, 2.05) is 0 Å². The first-order chi connectivity index (χ1) is 10.1. The highest BCUT2D eigenvalue weighted by Gasteiger charge is 2.29. The second-order valence-electron chi connectivity index (χ2n) is 5.45. The van der Waals surface area contributed by atoms with Crippen LogP contribution in [0.25, 0.3) is 11.1 Å². The maximum atomic E-state index is 12.6. The van der Waals surface area contributed by atoms with Gasteiger partial charge in [0.05, 0.1) is 11.8 Å². The summed E-state index contributed by atoms with van der Waals surface area (Å²) in [5.41, 5.74) is 6.86. The van der Waals surface area contributed by atoms with Crippen LogP contribution in [0.2, 0.25) is 0 Å². The highest BCUT2D eigenvalue weighted by atomic mass is 16.5. The van der Waals surface area contributed by atoms with Crippen molar-refractivity contribution in [1.29, 1.82) is 0 Å². The highest BCUT2D eigenvalue weighted by Crippen LogP contribution is 2.28. The Hall–Kier alpha value is -2.08. The van der Waals surface area contributed by atoms with Gasteiger partial charge in [0.1, 0.15) is 5.52 Å². The molecule has 1 aromatic carbocycles. The molecule has 0 atom stereocenters. The largest absolute Gasteiger partial charge is 0.426 e. The van der Waals surface area contributed by atoms with Crippen molar-refractivity contribution >= 4 is 22.7 Å². The number of nitrogens with zero attached hydrogens (tertiary/aromatic N) is 1. The summed E-state index contributed by atoms with van der Waals surface area (Å²) >= 11 is 0. The molecule has 0 radical (unpaired) electrons. The first-order valence-corrected chi connectivity index (χ1v) is 7.09. The maximum Gasteiger partial charge on any atom is 0.426 e. The number of nitrogens with two attached hydrogens (primary N) is 1. The lowest BCUT2D eigenvalue weighted by atomic mass is 9.86. The van der Waals surface area contributed by atoms with Crippen LogP contribution >= 0.6 is 0 Å². The predicted molar refractivity (Wildman–Crippen MR) is 78.3 cm³/mol. The van der Waals surface area contributed by atoms with Crippen molar-refractivity contribution < 1.29 is 13.9 Å². The average Bonchev–Trinajstić information content (AvgIpc) is 2.84. The number of oxazole rings is 1. The minimum Gasteiger partial charge on any atom is -0.405 e. The van der Waals surface area contributed by atoms with Gasteiger partial charge in [0, 0.05) is 13.0 Å². The Morgan fingerprint density at radius 2 is 2.05 bits per heavy atom. The van der Waals surface area contributed by atoms with Gasteiger partial charge in [0.15, 0.2) is 5.58 Å². The average molecular weight is 290 g/mol. The number of anilines is 1. The molecule has 0 bridgehead atoms. The van der Waals surface area contributed by atoms with Gasteiger partial charge in [-0.3, -0.25) is 4.79 Å². The minimum absolute atomic E-state index is 0.170. The standard InChI is InChI=1S/C15H18N2O4/c1-20-10-7-5-9(6-8-10)14(18)17-12-4-2-3-11(16)13(12)21-15(17)19/h2-4,9-10H,5-8,16H2,1H3. The lowest BCUT2D eigenvalue weighted by Crippen LogP contribution is -2.33. The van der Waals surface area contributed by atoms with Crippen LogP contribution < -0.4 is 11.5 Å². The molecule has 21 heavy (non-hydrogen) atoms. The van der Waals surface area contributed by atoms with Crippen molar-refractivity contribution in [1.82, 2.24) is 4.57 Å². The highest BCUT2D eigenvalue weighted by molar-refractivity contribution is 5.94. The molecule has 1 aliphatic rings. The van der Waals surface area contributed by atoms with E-state index >= 15 is 0 Å². The first-order valence-electron chi connectivity index (χ1n) is 7.09. The Morgan fingerprint density at radius 3 is 2.71 bits per heavy atom. The second kappa shape index (κ2) is 5.37. The number of benzene rings is 1. The Morgan fingerprint density at radius 1 is 1.33 bits per heavy atom. The van der Waals surface area contributed by atoms with E-state index in [0.29, 0.717) is 11.2 Å². The van der Waals surface area contributed by atoms with Gasteiger partial charge in [0.25, 0.3) is 0 Å². The van der Waals surface area contributed by atoms with E-state index in [1.165, 1.54) is 0 Å². The van der Waals surface area contributed by atoms with E-state index in [1.54, 1.807) is 25.3 Å². The number of para-hydroxylation sites is 1. The normalized spacial score (nSPS) is 22.5. The molecule has 2 N–H and O–H groups in total. The number of hydrogen-bond acceptors (Lipinski definition) is 5. The number of carbonyl (C=O) groups excluding carboxylic acids is 1. The quantitative estimate of drug-likeness (QED) is 0.855. The first kappa shape index (κ1) is 13.9. The maximum absolute atomic E-state index is 12.6. The molecule has 0 spiro atoms. The third-order valence-corrected chi connectivity index (χ3v) is 4.21. The van der Waals surface area contributed by atoms with Crippen LogP contribution in [0.4, 0.5) is 5.69 Å². The van der Waals surface area contributed by atoms with Crippen molar-refractivity contribution in [2.45, 2.75) is 31.8 Å². The summed E-state index contributed by atoms with van der Waals surface area (Å²) < 4.78 is 11.5. The molecule has 0 saturated heterocycles. The van der Waals surface area contributed by atoms with Crippen LogP contribution in [-0.2, 0) is 4.74 Å². The molecule has 2 aromatic rings. The van der Waals surface area contributed by atoms with Crippen LogP contribution in [0.1, 0.15) is 30.5 Å². The van der Waals surface area contributed by atoms with Gasteiger partial charge in [-0.15, -0.1) is 0 Å². The molecule has 0 amide bonds. The Labute approximate surface area is 121 Å². The number of rotatable bonds is 2. The summed E-state index contributed by atoms with van der Waals surface area (Å²) in [6.07, 6.45) is 3.32. The zero-order chi connectivity index (χ0) is 15.0. The van der Waals surface area contributed by atoms with Crippen LogP contribution in [0, 0.1) is 5.92 Å². The molecule has 6 nitrogen and oxygen atoms in total. The van der Waals surface area contributed by atoms with Crippen molar-refractivity contribution in [3.8, 4) is 0 Å². The fraction of sp³-hybridized carbons (Fsp3) is 0.467. The second-order valence-corrected chi connectivity index (χ2v) is 5.45. The van der Waals surface area contributed by atoms with Crippen LogP contribution in [0.15, 0.2) is 27.4 Å². The number of carbonyl (C=O) groups is 1. The molecule has 0 aliphatic heterocycles. The number of aromatic nitrogens is 1. The molecule has 112 valence electrons. The summed E-state index contributed by atoms with van der Waals surface area (Å²) in [5.74, 6) is -1.04. The van der Waals surface area contributed by atoms with Crippen molar-refractivity contribution in [2.24, 2.45) is 5.92 Å². The molecular weight excluding hydrogens is 272 g/mol. The topological polar surface area (TPSA) is 87.5 Å². The Balaban J connectivity index is 1.94. The fourth-order valence-corrected chi connectivity index (χ4v) is 3.00. The molecule has 1 saturated carbocycles.